The van der Waals surface area contributed by atoms with Crippen molar-refractivity contribution in [2.45, 2.75) is 46.4 Å². The second kappa shape index (κ2) is 10.8. The first kappa shape index (κ1) is 22.6. The van der Waals surface area contributed by atoms with Gasteiger partial charge in [-0.15, -0.1) is 11.3 Å². The molecule has 3 rings (SSSR count). The Hall–Kier alpha value is -3.06. The van der Waals surface area contributed by atoms with Gasteiger partial charge in [0.25, 0.3) is 0 Å². The zero-order chi connectivity index (χ0) is 22.2. The Kier molecular flexibility index (Phi) is 7.89. The highest BCUT2D eigenvalue weighted by atomic mass is 32.1. The summed E-state index contributed by atoms with van der Waals surface area (Å²) in [5.74, 6) is 1.37. The van der Waals surface area contributed by atoms with Crippen LogP contribution in [0.5, 0.6) is 11.5 Å². The molecule has 0 bridgehead atoms. The van der Waals surface area contributed by atoms with E-state index < -0.39 is 0 Å². The third-order valence-electron chi connectivity index (χ3n) is 5.04. The Labute approximate surface area is 187 Å². The molecule has 3 aromatic rings. The predicted molar refractivity (Wildman–Crippen MR) is 125 cm³/mol. The maximum Gasteiger partial charge on any atom is 0.322 e. The predicted octanol–water partition coefficient (Wildman–Crippen LogP) is 5.87. The van der Waals surface area contributed by atoms with Crippen molar-refractivity contribution >= 4 is 23.1 Å². The van der Waals surface area contributed by atoms with Crippen molar-refractivity contribution in [3.63, 3.8) is 0 Å². The van der Waals surface area contributed by atoms with Gasteiger partial charge in [0.15, 0.2) is 11.5 Å². The number of aromatic nitrogens is 1. The van der Waals surface area contributed by atoms with E-state index in [0.29, 0.717) is 24.7 Å². The Morgan fingerprint density at radius 2 is 1.87 bits per heavy atom. The number of rotatable bonds is 9. The highest BCUT2D eigenvalue weighted by Crippen LogP contribution is 2.27. The van der Waals surface area contributed by atoms with E-state index in [1.54, 1.807) is 7.11 Å². The number of anilines is 1. The fraction of sp³-hybridized carbons (Fsp3) is 0.333. The topological polar surface area (TPSA) is 63.7 Å². The lowest BCUT2D eigenvalue weighted by Crippen LogP contribution is -2.40. The SMILES string of the molecule is CCC(C)N(Cc1csc(COc2ccccc2OC)n1)C(=O)Nc1ccc(C)cc1. The molecular weight excluding hydrogens is 410 g/mol. The molecule has 31 heavy (non-hydrogen) atoms. The number of para-hydroxylation sites is 2. The standard InChI is InChI=1S/C24H29N3O3S/c1-5-18(3)27(24(28)26-19-12-10-17(2)11-13-19)14-20-16-31-23(25-20)15-30-22-9-7-6-8-21(22)29-4/h6-13,16,18H,5,14-15H2,1-4H3,(H,26,28). The number of nitrogens with one attached hydrogen (secondary N) is 1. The summed E-state index contributed by atoms with van der Waals surface area (Å²) in [6.07, 6.45) is 0.856. The fourth-order valence-corrected chi connectivity index (χ4v) is 3.72. The average Bonchev–Trinajstić information content (AvgIpc) is 3.24. The van der Waals surface area contributed by atoms with Gasteiger partial charge in [0, 0.05) is 17.1 Å². The Morgan fingerprint density at radius 1 is 1.16 bits per heavy atom. The molecule has 0 aliphatic rings. The molecular formula is C24H29N3O3S. The number of methoxy groups -OCH3 is 1. The minimum atomic E-state index is -0.127. The molecule has 1 heterocycles. The number of ether oxygens (including phenoxy) is 2. The molecule has 1 atom stereocenters. The number of benzene rings is 2. The number of carbonyl (C=O) groups is 1. The number of nitrogens with zero attached hydrogens (tertiary/aromatic N) is 2. The smallest absolute Gasteiger partial charge is 0.322 e. The van der Waals surface area contributed by atoms with Gasteiger partial charge < -0.3 is 19.7 Å². The van der Waals surface area contributed by atoms with Crippen molar-refractivity contribution in [2.24, 2.45) is 0 Å². The summed E-state index contributed by atoms with van der Waals surface area (Å²) in [5.41, 5.74) is 2.79. The maximum absolute atomic E-state index is 12.9. The molecule has 0 spiro atoms. The minimum Gasteiger partial charge on any atom is -0.493 e. The maximum atomic E-state index is 12.9. The van der Waals surface area contributed by atoms with E-state index in [0.717, 1.165) is 28.4 Å². The summed E-state index contributed by atoms with van der Waals surface area (Å²) in [5, 5.41) is 5.83. The van der Waals surface area contributed by atoms with Gasteiger partial charge in [-0.3, -0.25) is 0 Å². The summed E-state index contributed by atoms with van der Waals surface area (Å²) in [6, 6.07) is 15.3. The van der Waals surface area contributed by atoms with Crippen LogP contribution in [0, 0.1) is 6.92 Å². The normalized spacial score (nSPS) is 11.6. The number of hydrogen-bond donors (Lipinski definition) is 1. The van der Waals surface area contributed by atoms with Gasteiger partial charge in [-0.2, -0.15) is 0 Å². The van der Waals surface area contributed by atoms with Crippen molar-refractivity contribution in [3.8, 4) is 11.5 Å². The summed E-state index contributed by atoms with van der Waals surface area (Å²) in [6.45, 7) is 6.94. The van der Waals surface area contributed by atoms with E-state index in [2.05, 4.69) is 17.2 Å². The molecule has 1 N–H and O–H groups in total. The van der Waals surface area contributed by atoms with Gasteiger partial charge in [-0.05, 0) is 44.5 Å². The van der Waals surface area contributed by atoms with Gasteiger partial charge in [-0.1, -0.05) is 36.8 Å². The van der Waals surface area contributed by atoms with Crippen molar-refractivity contribution in [2.75, 3.05) is 12.4 Å². The zero-order valence-corrected chi connectivity index (χ0v) is 19.2. The second-order valence-corrected chi connectivity index (χ2v) is 8.30. The van der Waals surface area contributed by atoms with Gasteiger partial charge >= 0.3 is 6.03 Å². The quantitative estimate of drug-likeness (QED) is 0.453. The molecule has 0 saturated heterocycles. The van der Waals surface area contributed by atoms with Gasteiger partial charge in [0.2, 0.25) is 0 Å². The highest BCUT2D eigenvalue weighted by molar-refractivity contribution is 7.09. The summed E-state index contributed by atoms with van der Waals surface area (Å²) in [4.78, 5) is 19.4. The van der Waals surface area contributed by atoms with Gasteiger partial charge in [0.05, 0.1) is 19.3 Å². The fourth-order valence-electron chi connectivity index (χ4n) is 3.02. The largest absolute Gasteiger partial charge is 0.493 e. The molecule has 164 valence electrons. The molecule has 1 unspecified atom stereocenters. The Bertz CT molecular complexity index is 988. The number of carbonyl (C=O) groups excluding carboxylic acids is 1. The van der Waals surface area contributed by atoms with E-state index in [4.69, 9.17) is 9.47 Å². The van der Waals surface area contributed by atoms with E-state index in [-0.39, 0.29) is 12.1 Å². The van der Waals surface area contributed by atoms with Crippen molar-refractivity contribution in [1.82, 2.24) is 9.88 Å². The van der Waals surface area contributed by atoms with Crippen molar-refractivity contribution in [1.29, 1.82) is 0 Å². The summed E-state index contributed by atoms with van der Waals surface area (Å²) in [7, 11) is 1.62. The van der Waals surface area contributed by atoms with E-state index in [9.17, 15) is 4.79 Å². The number of thiazole rings is 1. The highest BCUT2D eigenvalue weighted by Gasteiger charge is 2.21. The molecule has 0 fully saturated rings. The first-order valence-corrected chi connectivity index (χ1v) is 11.2. The first-order valence-electron chi connectivity index (χ1n) is 10.3. The molecule has 0 radical (unpaired) electrons. The molecule has 0 aliphatic heterocycles. The number of urea groups is 1. The van der Waals surface area contributed by atoms with Crippen LogP contribution in [0.2, 0.25) is 0 Å². The van der Waals surface area contributed by atoms with Crippen molar-refractivity contribution in [3.05, 3.63) is 70.2 Å². The molecule has 2 amide bonds. The summed E-state index contributed by atoms with van der Waals surface area (Å²) < 4.78 is 11.2. The molecule has 0 saturated carbocycles. The lowest BCUT2D eigenvalue weighted by molar-refractivity contribution is 0.186. The monoisotopic (exact) mass is 439 g/mol. The van der Waals surface area contributed by atoms with Crippen LogP contribution in [0.1, 0.15) is 36.5 Å². The Balaban J connectivity index is 1.64. The third-order valence-corrected chi connectivity index (χ3v) is 5.91. The van der Waals surface area contributed by atoms with Crippen LogP contribution in [0.25, 0.3) is 0 Å². The van der Waals surface area contributed by atoms with Crippen molar-refractivity contribution < 1.29 is 14.3 Å². The summed E-state index contributed by atoms with van der Waals surface area (Å²) >= 11 is 1.53. The Morgan fingerprint density at radius 3 is 2.55 bits per heavy atom. The third kappa shape index (κ3) is 6.21. The van der Waals surface area contributed by atoms with Crippen LogP contribution in [0.4, 0.5) is 10.5 Å². The lowest BCUT2D eigenvalue weighted by atomic mass is 10.2. The molecule has 1 aromatic heterocycles. The van der Waals surface area contributed by atoms with Crippen LogP contribution in [-0.2, 0) is 13.2 Å². The minimum absolute atomic E-state index is 0.0837. The van der Waals surface area contributed by atoms with E-state index >= 15 is 0 Å². The van der Waals surface area contributed by atoms with Crippen LogP contribution in [0.15, 0.2) is 53.9 Å². The van der Waals surface area contributed by atoms with Crippen LogP contribution >= 0.6 is 11.3 Å². The second-order valence-electron chi connectivity index (χ2n) is 7.35. The van der Waals surface area contributed by atoms with Gasteiger partial charge in [-0.25, -0.2) is 9.78 Å². The van der Waals surface area contributed by atoms with Crippen LogP contribution < -0.4 is 14.8 Å². The van der Waals surface area contributed by atoms with E-state index in [1.165, 1.54) is 11.3 Å². The van der Waals surface area contributed by atoms with Crippen LogP contribution in [0.3, 0.4) is 0 Å². The number of amides is 2. The van der Waals surface area contributed by atoms with Crippen LogP contribution in [-0.4, -0.2) is 29.1 Å². The number of aryl methyl sites for hydroxylation is 1. The van der Waals surface area contributed by atoms with E-state index in [1.807, 2.05) is 72.7 Å². The average molecular weight is 440 g/mol. The first-order chi connectivity index (χ1) is 15.0. The number of hydrogen-bond acceptors (Lipinski definition) is 5. The molecule has 7 heteroatoms. The zero-order valence-electron chi connectivity index (χ0n) is 18.4. The molecule has 2 aromatic carbocycles. The molecule has 0 aliphatic carbocycles. The lowest BCUT2D eigenvalue weighted by Gasteiger charge is -2.28. The van der Waals surface area contributed by atoms with Gasteiger partial charge in [0.1, 0.15) is 11.6 Å². The molecule has 6 nitrogen and oxygen atoms in total.